The number of nitrogens with zero attached hydrogens (tertiary/aromatic N) is 4. The highest BCUT2D eigenvalue weighted by atomic mass is 35.5. The lowest BCUT2D eigenvalue weighted by molar-refractivity contribution is 0.174. The highest BCUT2D eigenvalue weighted by molar-refractivity contribution is 5.85. The number of aryl methyl sites for hydroxylation is 1. The van der Waals surface area contributed by atoms with E-state index < -0.39 is 0 Å². The number of halogens is 1. The van der Waals surface area contributed by atoms with E-state index in [9.17, 15) is 0 Å². The van der Waals surface area contributed by atoms with Crippen molar-refractivity contribution in [2.24, 2.45) is 0 Å². The molecule has 2 aromatic heterocycles. The smallest absolute Gasteiger partial charge is 0.231 e. The average molecular weight is 360 g/mol. The molecular weight excluding hydrogens is 342 g/mol. The van der Waals surface area contributed by atoms with Gasteiger partial charge in [0.25, 0.3) is 0 Å². The monoisotopic (exact) mass is 359 g/mol. The van der Waals surface area contributed by atoms with Crippen LogP contribution < -0.4 is 14.8 Å². The Labute approximate surface area is 151 Å². The van der Waals surface area contributed by atoms with Gasteiger partial charge in [-0.05, 0) is 24.6 Å². The van der Waals surface area contributed by atoms with Crippen LogP contribution in [0.5, 0.6) is 11.5 Å². The highest BCUT2D eigenvalue weighted by Gasteiger charge is 2.20. The van der Waals surface area contributed by atoms with E-state index in [0.29, 0.717) is 0 Å². The van der Waals surface area contributed by atoms with E-state index >= 15 is 0 Å². The Kier molecular flexibility index (Phi) is 3.89. The minimum absolute atomic E-state index is 0. The number of hydrogen-bond donors (Lipinski definition) is 1. The third-order valence-electron chi connectivity index (χ3n) is 4.49. The Bertz CT molecular complexity index is 910. The standard InChI is InChI=1S/C17H17N5O2.ClH/c1-11-6-15-16(24-10-23-15)8-14(11)21-4-3-19-17(21)13-7-12-9-18-2-5-22(12)20-13;/h3-4,6-8,18H,2,5,9-10H2,1H3;1H. The molecule has 5 rings (SSSR count). The van der Waals surface area contributed by atoms with Crippen LogP contribution >= 0.6 is 12.4 Å². The molecule has 0 bridgehead atoms. The number of nitrogens with one attached hydrogen (secondary N) is 1. The van der Waals surface area contributed by atoms with Crippen LogP contribution in [0.1, 0.15) is 11.3 Å². The summed E-state index contributed by atoms with van der Waals surface area (Å²) < 4.78 is 15.1. The van der Waals surface area contributed by atoms with E-state index in [1.807, 2.05) is 18.3 Å². The summed E-state index contributed by atoms with van der Waals surface area (Å²) in [6.07, 6.45) is 3.76. The summed E-state index contributed by atoms with van der Waals surface area (Å²) in [5.74, 6) is 2.39. The zero-order chi connectivity index (χ0) is 16.1. The molecule has 0 unspecified atom stereocenters. The van der Waals surface area contributed by atoms with E-state index in [4.69, 9.17) is 14.6 Å². The molecule has 7 nitrogen and oxygen atoms in total. The van der Waals surface area contributed by atoms with Crippen molar-refractivity contribution in [3.63, 3.8) is 0 Å². The first-order chi connectivity index (χ1) is 11.8. The maximum Gasteiger partial charge on any atom is 0.231 e. The number of rotatable bonds is 2. The van der Waals surface area contributed by atoms with Gasteiger partial charge in [0.1, 0.15) is 5.69 Å². The van der Waals surface area contributed by atoms with Gasteiger partial charge in [-0.3, -0.25) is 9.25 Å². The lowest BCUT2D eigenvalue weighted by Crippen LogP contribution is -2.28. The summed E-state index contributed by atoms with van der Waals surface area (Å²) in [5, 5.41) is 8.08. The number of benzene rings is 1. The van der Waals surface area contributed by atoms with Crippen molar-refractivity contribution < 1.29 is 9.47 Å². The summed E-state index contributed by atoms with van der Waals surface area (Å²) in [6, 6.07) is 6.11. The average Bonchev–Trinajstić information content (AvgIpc) is 3.31. The summed E-state index contributed by atoms with van der Waals surface area (Å²) in [5.41, 5.74) is 4.20. The Morgan fingerprint density at radius 3 is 2.84 bits per heavy atom. The second kappa shape index (κ2) is 6.09. The molecule has 4 heterocycles. The predicted molar refractivity (Wildman–Crippen MR) is 94.6 cm³/mol. The van der Waals surface area contributed by atoms with Gasteiger partial charge in [0.05, 0.1) is 17.9 Å². The SMILES string of the molecule is Cc1cc2c(cc1-n1ccnc1-c1cc3n(n1)CCNC3)OCO2.Cl. The summed E-state index contributed by atoms with van der Waals surface area (Å²) in [4.78, 5) is 4.54. The minimum atomic E-state index is 0. The molecule has 0 amide bonds. The molecule has 0 radical (unpaired) electrons. The van der Waals surface area contributed by atoms with Crippen molar-refractivity contribution in [3.05, 3.63) is 41.9 Å². The van der Waals surface area contributed by atoms with E-state index in [1.165, 1.54) is 5.69 Å². The topological polar surface area (TPSA) is 66.1 Å². The van der Waals surface area contributed by atoms with Crippen molar-refractivity contribution in [1.29, 1.82) is 0 Å². The fraction of sp³-hybridized carbons (Fsp3) is 0.294. The lowest BCUT2D eigenvalue weighted by Gasteiger charge is -2.13. The molecular formula is C17H18ClN5O2. The molecule has 0 spiro atoms. The van der Waals surface area contributed by atoms with Gasteiger partial charge in [-0.15, -0.1) is 12.4 Å². The fourth-order valence-corrected chi connectivity index (χ4v) is 3.28. The van der Waals surface area contributed by atoms with Gasteiger partial charge >= 0.3 is 0 Å². The van der Waals surface area contributed by atoms with Crippen molar-refractivity contribution in [2.75, 3.05) is 13.3 Å². The Morgan fingerprint density at radius 1 is 1.16 bits per heavy atom. The molecule has 0 saturated heterocycles. The maximum atomic E-state index is 5.52. The molecule has 1 N–H and O–H groups in total. The van der Waals surface area contributed by atoms with Crippen molar-refractivity contribution in [3.8, 4) is 28.7 Å². The van der Waals surface area contributed by atoms with Gasteiger partial charge in [0.2, 0.25) is 6.79 Å². The molecule has 25 heavy (non-hydrogen) atoms. The van der Waals surface area contributed by atoms with E-state index in [2.05, 4.69) is 32.5 Å². The molecule has 2 aliphatic rings. The van der Waals surface area contributed by atoms with Crippen LogP contribution in [0.2, 0.25) is 0 Å². The number of fused-ring (bicyclic) bond motifs is 2. The van der Waals surface area contributed by atoms with Gasteiger partial charge < -0.3 is 14.8 Å². The number of ether oxygens (including phenoxy) is 2. The van der Waals surface area contributed by atoms with Crippen LogP contribution in [0.3, 0.4) is 0 Å². The highest BCUT2D eigenvalue weighted by Crippen LogP contribution is 2.37. The molecule has 0 saturated carbocycles. The van der Waals surface area contributed by atoms with Crippen molar-refractivity contribution >= 4 is 12.4 Å². The third kappa shape index (κ3) is 2.56. The van der Waals surface area contributed by atoms with Crippen LogP contribution in [0.4, 0.5) is 0 Å². The second-order valence-electron chi connectivity index (χ2n) is 6.03. The zero-order valence-electron chi connectivity index (χ0n) is 13.7. The maximum absolute atomic E-state index is 5.52. The van der Waals surface area contributed by atoms with Crippen LogP contribution in [0.15, 0.2) is 30.6 Å². The van der Waals surface area contributed by atoms with Crippen molar-refractivity contribution in [1.82, 2.24) is 24.6 Å². The molecule has 0 aliphatic carbocycles. The number of imidazole rings is 1. The van der Waals surface area contributed by atoms with Crippen LogP contribution in [0, 0.1) is 6.92 Å². The summed E-state index contributed by atoms with van der Waals surface area (Å²) >= 11 is 0. The van der Waals surface area contributed by atoms with Crippen LogP contribution in [-0.2, 0) is 13.1 Å². The Morgan fingerprint density at radius 2 is 2.00 bits per heavy atom. The Balaban J connectivity index is 0.00000157. The van der Waals surface area contributed by atoms with Gasteiger partial charge in [-0.2, -0.15) is 5.10 Å². The van der Waals surface area contributed by atoms with Gasteiger partial charge in [-0.1, -0.05) is 0 Å². The van der Waals surface area contributed by atoms with E-state index in [-0.39, 0.29) is 19.2 Å². The predicted octanol–water partition coefficient (Wildman–Crippen LogP) is 2.30. The van der Waals surface area contributed by atoms with Crippen molar-refractivity contribution in [2.45, 2.75) is 20.0 Å². The second-order valence-corrected chi connectivity index (χ2v) is 6.03. The first kappa shape index (κ1) is 16.0. The van der Waals surface area contributed by atoms with Gasteiger partial charge in [0.15, 0.2) is 17.3 Å². The zero-order valence-corrected chi connectivity index (χ0v) is 14.5. The van der Waals surface area contributed by atoms with Crippen LogP contribution in [0.25, 0.3) is 17.2 Å². The molecule has 1 aromatic carbocycles. The summed E-state index contributed by atoms with van der Waals surface area (Å²) in [6.45, 7) is 5.01. The number of hydrogen-bond acceptors (Lipinski definition) is 5. The molecule has 2 aliphatic heterocycles. The number of aromatic nitrogens is 4. The minimum Gasteiger partial charge on any atom is -0.454 e. The van der Waals surface area contributed by atoms with E-state index in [0.717, 1.165) is 53.9 Å². The molecule has 3 aromatic rings. The van der Waals surface area contributed by atoms with Gasteiger partial charge in [0, 0.05) is 31.5 Å². The normalized spacial score (nSPS) is 14.9. The lowest BCUT2D eigenvalue weighted by atomic mass is 10.1. The third-order valence-corrected chi connectivity index (χ3v) is 4.49. The largest absolute Gasteiger partial charge is 0.454 e. The first-order valence-corrected chi connectivity index (χ1v) is 8.01. The molecule has 0 fully saturated rings. The molecule has 130 valence electrons. The fourth-order valence-electron chi connectivity index (χ4n) is 3.28. The molecule has 0 atom stereocenters. The van der Waals surface area contributed by atoms with Gasteiger partial charge in [-0.25, -0.2) is 4.98 Å². The summed E-state index contributed by atoms with van der Waals surface area (Å²) in [7, 11) is 0. The Hall–Kier alpha value is -2.51. The quantitative estimate of drug-likeness (QED) is 0.760. The van der Waals surface area contributed by atoms with E-state index in [1.54, 1.807) is 6.20 Å². The first-order valence-electron chi connectivity index (χ1n) is 8.01. The van der Waals surface area contributed by atoms with Crippen LogP contribution in [-0.4, -0.2) is 32.7 Å². The molecule has 8 heteroatoms.